The largest absolute Gasteiger partial charge is 0.495 e. The van der Waals surface area contributed by atoms with Gasteiger partial charge in [0.1, 0.15) is 16.5 Å². The molecule has 0 N–H and O–H groups in total. The molecule has 148 valence electrons. The molecule has 6 nitrogen and oxygen atoms in total. The Labute approximate surface area is 173 Å². The quantitative estimate of drug-likeness (QED) is 0.424. The topological polar surface area (TPSA) is 72.6 Å². The molecule has 8 heteroatoms. The van der Waals surface area contributed by atoms with E-state index in [0.29, 0.717) is 17.2 Å². The second-order valence-corrected chi connectivity index (χ2v) is 9.14. The summed E-state index contributed by atoms with van der Waals surface area (Å²) in [6, 6.07) is 19.8. The highest BCUT2D eigenvalue weighted by atomic mass is 32.2. The molecule has 0 saturated carbocycles. The van der Waals surface area contributed by atoms with Crippen molar-refractivity contribution in [2.75, 3.05) is 11.4 Å². The number of sulfonamides is 1. The Morgan fingerprint density at radius 2 is 1.79 bits per heavy atom. The van der Waals surface area contributed by atoms with Crippen LogP contribution in [0, 0.1) is 0 Å². The number of anilines is 1. The summed E-state index contributed by atoms with van der Waals surface area (Å²) in [6.45, 7) is -0.0621. The second kappa shape index (κ2) is 8.10. The molecule has 2 aromatic heterocycles. The fourth-order valence-electron chi connectivity index (χ4n) is 2.90. The number of nitrogens with zero attached hydrogens (tertiary/aromatic N) is 2. The number of ether oxygens (including phenoxy) is 1. The van der Waals surface area contributed by atoms with Crippen LogP contribution in [0.3, 0.4) is 0 Å². The third-order valence-corrected chi connectivity index (χ3v) is 7.42. The van der Waals surface area contributed by atoms with Crippen molar-refractivity contribution in [3.63, 3.8) is 0 Å². The summed E-state index contributed by atoms with van der Waals surface area (Å²) in [5.74, 6) is 1.31. The minimum atomic E-state index is -3.83. The highest BCUT2D eigenvalue weighted by molar-refractivity contribution is 7.94. The Balaban J connectivity index is 1.75. The van der Waals surface area contributed by atoms with Gasteiger partial charge in [-0.25, -0.2) is 13.4 Å². The Hall–Kier alpha value is -3.10. The predicted octanol–water partition coefficient (Wildman–Crippen LogP) is 4.81. The highest BCUT2D eigenvalue weighted by Gasteiger charge is 2.29. The van der Waals surface area contributed by atoms with Gasteiger partial charge in [-0.15, -0.1) is 11.3 Å². The minimum Gasteiger partial charge on any atom is -0.495 e. The van der Waals surface area contributed by atoms with Gasteiger partial charge < -0.3 is 9.15 Å². The van der Waals surface area contributed by atoms with Crippen molar-refractivity contribution in [3.8, 4) is 17.1 Å². The fourth-order valence-corrected chi connectivity index (χ4v) is 5.43. The van der Waals surface area contributed by atoms with E-state index >= 15 is 0 Å². The van der Waals surface area contributed by atoms with Crippen molar-refractivity contribution < 1.29 is 17.6 Å². The maximum Gasteiger partial charge on any atom is 0.274 e. The van der Waals surface area contributed by atoms with E-state index < -0.39 is 10.0 Å². The fraction of sp³-hybridized carbons (Fsp3) is 0.0952. The van der Waals surface area contributed by atoms with Crippen LogP contribution in [0.2, 0.25) is 0 Å². The van der Waals surface area contributed by atoms with Crippen LogP contribution >= 0.6 is 11.3 Å². The molecule has 0 aliphatic carbocycles. The molecule has 0 spiro atoms. The van der Waals surface area contributed by atoms with E-state index in [4.69, 9.17) is 9.15 Å². The lowest BCUT2D eigenvalue weighted by atomic mass is 10.2. The summed E-state index contributed by atoms with van der Waals surface area (Å²) < 4.78 is 39.5. The summed E-state index contributed by atoms with van der Waals surface area (Å²) in [5, 5.41) is 1.73. The SMILES string of the molecule is COc1ccccc1N(Cc1ncc(-c2ccccc2)o1)S(=O)(=O)c1cccs1. The highest BCUT2D eigenvalue weighted by Crippen LogP contribution is 2.35. The smallest absolute Gasteiger partial charge is 0.274 e. The van der Waals surface area contributed by atoms with Gasteiger partial charge in [-0.05, 0) is 23.6 Å². The lowest BCUT2D eigenvalue weighted by Gasteiger charge is -2.24. The first-order chi connectivity index (χ1) is 14.1. The monoisotopic (exact) mass is 426 g/mol. The van der Waals surface area contributed by atoms with Crippen LogP contribution < -0.4 is 9.04 Å². The van der Waals surface area contributed by atoms with Gasteiger partial charge in [0, 0.05) is 5.56 Å². The molecule has 0 saturated heterocycles. The number of oxazole rings is 1. The van der Waals surface area contributed by atoms with E-state index in [2.05, 4.69) is 4.98 Å². The van der Waals surface area contributed by atoms with Crippen molar-refractivity contribution in [1.82, 2.24) is 4.98 Å². The van der Waals surface area contributed by atoms with E-state index in [1.54, 1.807) is 48.0 Å². The number of rotatable bonds is 7. The van der Waals surface area contributed by atoms with Gasteiger partial charge in [-0.2, -0.15) is 0 Å². The van der Waals surface area contributed by atoms with Crippen LogP contribution in [0.15, 0.2) is 86.9 Å². The number of hydrogen-bond donors (Lipinski definition) is 0. The van der Waals surface area contributed by atoms with Gasteiger partial charge in [0.15, 0.2) is 5.76 Å². The maximum absolute atomic E-state index is 13.4. The zero-order chi connectivity index (χ0) is 20.3. The number of methoxy groups -OCH3 is 1. The number of aromatic nitrogens is 1. The number of para-hydroxylation sites is 2. The molecule has 0 bridgehead atoms. The molecule has 0 fully saturated rings. The molecule has 2 heterocycles. The van der Waals surface area contributed by atoms with Gasteiger partial charge in [-0.1, -0.05) is 48.5 Å². The molecular formula is C21H18N2O4S2. The van der Waals surface area contributed by atoms with Gasteiger partial charge in [0.05, 0.1) is 19.0 Å². The summed E-state index contributed by atoms with van der Waals surface area (Å²) in [4.78, 5) is 4.30. The van der Waals surface area contributed by atoms with Crippen molar-refractivity contribution in [2.24, 2.45) is 0 Å². The van der Waals surface area contributed by atoms with E-state index in [1.165, 1.54) is 11.4 Å². The zero-order valence-electron chi connectivity index (χ0n) is 15.6. The van der Waals surface area contributed by atoms with Crippen LogP contribution in [-0.2, 0) is 16.6 Å². The summed E-state index contributed by atoms with van der Waals surface area (Å²) in [7, 11) is -2.32. The normalized spacial score (nSPS) is 11.3. The minimum absolute atomic E-state index is 0.0621. The number of thiophene rings is 1. The molecule has 0 radical (unpaired) electrons. The van der Waals surface area contributed by atoms with E-state index in [9.17, 15) is 8.42 Å². The van der Waals surface area contributed by atoms with Crippen LogP contribution in [0.1, 0.15) is 5.89 Å². The van der Waals surface area contributed by atoms with Crippen molar-refractivity contribution in [2.45, 2.75) is 10.8 Å². The Kier molecular flexibility index (Phi) is 5.37. The molecule has 2 aromatic carbocycles. The lowest BCUT2D eigenvalue weighted by molar-refractivity contribution is 0.414. The molecule has 0 aliphatic heterocycles. The molecule has 4 aromatic rings. The Bertz CT molecular complexity index is 1190. The standard InChI is InChI=1S/C21H18N2O4S2/c1-26-18-11-6-5-10-17(18)23(29(24,25)21-12-7-13-28-21)15-20-22-14-19(27-20)16-8-3-2-4-9-16/h2-14H,15H2,1H3. The maximum atomic E-state index is 13.4. The zero-order valence-corrected chi connectivity index (χ0v) is 17.2. The van der Waals surface area contributed by atoms with Crippen LogP contribution in [-0.4, -0.2) is 20.5 Å². The number of benzene rings is 2. The van der Waals surface area contributed by atoms with Crippen molar-refractivity contribution in [3.05, 3.63) is 84.2 Å². The first kappa shape index (κ1) is 19.2. The first-order valence-electron chi connectivity index (χ1n) is 8.79. The number of hydrogen-bond acceptors (Lipinski definition) is 6. The predicted molar refractivity (Wildman–Crippen MR) is 113 cm³/mol. The van der Waals surface area contributed by atoms with E-state index in [1.807, 2.05) is 30.3 Å². The Morgan fingerprint density at radius 1 is 1.03 bits per heavy atom. The summed E-state index contributed by atoms with van der Waals surface area (Å²) in [6.07, 6.45) is 1.60. The molecule has 0 unspecified atom stereocenters. The first-order valence-corrected chi connectivity index (χ1v) is 11.1. The van der Waals surface area contributed by atoms with Crippen molar-refractivity contribution >= 4 is 27.0 Å². The molecular weight excluding hydrogens is 408 g/mol. The average Bonchev–Trinajstić information content (AvgIpc) is 3.45. The summed E-state index contributed by atoms with van der Waals surface area (Å²) >= 11 is 1.16. The van der Waals surface area contributed by atoms with Gasteiger partial charge in [-0.3, -0.25) is 4.31 Å². The van der Waals surface area contributed by atoms with Gasteiger partial charge >= 0.3 is 0 Å². The third-order valence-electron chi connectivity index (χ3n) is 4.28. The van der Waals surface area contributed by atoms with Crippen LogP contribution in [0.25, 0.3) is 11.3 Å². The van der Waals surface area contributed by atoms with Crippen LogP contribution in [0.4, 0.5) is 5.69 Å². The molecule has 0 aliphatic rings. The Morgan fingerprint density at radius 3 is 2.52 bits per heavy atom. The molecule has 29 heavy (non-hydrogen) atoms. The van der Waals surface area contributed by atoms with E-state index in [0.717, 1.165) is 16.9 Å². The molecule has 0 atom stereocenters. The third kappa shape index (κ3) is 3.90. The van der Waals surface area contributed by atoms with Gasteiger partial charge in [0.25, 0.3) is 10.0 Å². The molecule has 0 amide bonds. The second-order valence-electron chi connectivity index (χ2n) is 6.10. The lowest BCUT2D eigenvalue weighted by Crippen LogP contribution is -2.30. The summed E-state index contributed by atoms with van der Waals surface area (Å²) in [5.41, 5.74) is 1.29. The van der Waals surface area contributed by atoms with Crippen molar-refractivity contribution in [1.29, 1.82) is 0 Å². The molecule has 4 rings (SSSR count). The van der Waals surface area contributed by atoms with Crippen LogP contribution in [0.5, 0.6) is 5.75 Å². The van der Waals surface area contributed by atoms with Gasteiger partial charge in [0.2, 0.25) is 5.89 Å². The van der Waals surface area contributed by atoms with E-state index in [-0.39, 0.29) is 16.6 Å². The average molecular weight is 427 g/mol.